The first-order chi connectivity index (χ1) is 3.79. The SMILES string of the molecule is CC1CCCC(O)[N-]1.[W].[W]. The van der Waals surface area contributed by atoms with Crippen molar-refractivity contribution in [3.63, 3.8) is 0 Å². The summed E-state index contributed by atoms with van der Waals surface area (Å²) in [7, 11) is 0. The van der Waals surface area contributed by atoms with Crippen molar-refractivity contribution in [2.24, 2.45) is 0 Å². The zero-order valence-corrected chi connectivity index (χ0v) is 11.9. The molecule has 0 aromatic rings. The van der Waals surface area contributed by atoms with Crippen LogP contribution in [-0.2, 0) is 42.1 Å². The van der Waals surface area contributed by atoms with Gasteiger partial charge in [0, 0.05) is 42.1 Å². The smallest absolute Gasteiger partial charge is 0 e. The standard InChI is InChI=1S/C6H12NO.2W/c1-5-3-2-4-6(8)7-5;;/h5-6,8H,2-4H2,1H3;;/q-1;;. The molecule has 0 saturated carbocycles. The first kappa shape index (κ1) is 13.9. The molecule has 0 bridgehead atoms. The summed E-state index contributed by atoms with van der Waals surface area (Å²) >= 11 is 0. The second kappa shape index (κ2) is 6.97. The molecule has 0 spiro atoms. The Labute approximate surface area is 90.7 Å². The van der Waals surface area contributed by atoms with Crippen molar-refractivity contribution in [3.05, 3.63) is 5.32 Å². The minimum absolute atomic E-state index is 0. The van der Waals surface area contributed by atoms with Gasteiger partial charge in [-0.1, -0.05) is 19.8 Å². The molecule has 10 heavy (non-hydrogen) atoms. The summed E-state index contributed by atoms with van der Waals surface area (Å²) in [6, 6.07) is 0.388. The maximum Gasteiger partial charge on any atom is 0 e. The van der Waals surface area contributed by atoms with Crippen LogP contribution < -0.4 is 0 Å². The Kier molecular flexibility index (Phi) is 9.66. The third-order valence-corrected chi connectivity index (χ3v) is 1.51. The molecule has 0 radical (unpaired) electrons. The Morgan fingerprint density at radius 1 is 1.30 bits per heavy atom. The van der Waals surface area contributed by atoms with Gasteiger partial charge in [-0.25, -0.2) is 0 Å². The first-order valence-corrected chi connectivity index (χ1v) is 3.17. The van der Waals surface area contributed by atoms with Crippen molar-refractivity contribution < 1.29 is 47.2 Å². The van der Waals surface area contributed by atoms with Crippen LogP contribution in [0.3, 0.4) is 0 Å². The van der Waals surface area contributed by atoms with Gasteiger partial charge in [0.25, 0.3) is 0 Å². The van der Waals surface area contributed by atoms with Gasteiger partial charge in [0.05, 0.1) is 0 Å². The topological polar surface area (TPSA) is 34.3 Å². The fourth-order valence-corrected chi connectivity index (χ4v) is 1.04. The largest absolute Gasteiger partial charge is 0.634 e. The molecule has 1 aliphatic heterocycles. The number of aliphatic hydroxyl groups excluding tert-OH is 1. The monoisotopic (exact) mass is 482 g/mol. The minimum atomic E-state index is -0.362. The van der Waals surface area contributed by atoms with E-state index < -0.39 is 0 Å². The van der Waals surface area contributed by atoms with Gasteiger partial charge in [0.2, 0.25) is 0 Å². The molecule has 2 atom stereocenters. The number of nitrogens with zero attached hydrogens (tertiary/aromatic N) is 1. The van der Waals surface area contributed by atoms with Gasteiger partial charge in [0.1, 0.15) is 0 Å². The van der Waals surface area contributed by atoms with E-state index in [9.17, 15) is 0 Å². The predicted octanol–water partition coefficient (Wildman–Crippen LogP) is 1.25. The van der Waals surface area contributed by atoms with E-state index in [1.54, 1.807) is 0 Å². The molecule has 60 valence electrons. The molecule has 0 aromatic heterocycles. The number of piperidine rings is 1. The zero-order chi connectivity index (χ0) is 5.98. The molecular weight excluding hydrogens is 470 g/mol. The van der Waals surface area contributed by atoms with E-state index >= 15 is 0 Å². The van der Waals surface area contributed by atoms with Crippen molar-refractivity contribution in [3.8, 4) is 0 Å². The normalized spacial score (nSPS) is 31.8. The van der Waals surface area contributed by atoms with Crippen LogP contribution in [0.4, 0.5) is 0 Å². The summed E-state index contributed by atoms with van der Waals surface area (Å²) in [5.41, 5.74) is 0. The Bertz CT molecular complexity index is 74.1. The molecule has 1 saturated heterocycles. The second-order valence-corrected chi connectivity index (χ2v) is 2.41. The van der Waals surface area contributed by atoms with Gasteiger partial charge in [-0.2, -0.15) is 0 Å². The average molecular weight is 482 g/mol. The van der Waals surface area contributed by atoms with E-state index in [0.29, 0.717) is 6.04 Å². The van der Waals surface area contributed by atoms with E-state index in [-0.39, 0.29) is 48.4 Å². The number of hydrogen-bond donors (Lipinski definition) is 1. The van der Waals surface area contributed by atoms with Crippen LogP contribution in [0, 0.1) is 0 Å². The Balaban J connectivity index is 0. The maximum absolute atomic E-state index is 8.91. The van der Waals surface area contributed by atoms with E-state index in [1.165, 1.54) is 0 Å². The second-order valence-electron chi connectivity index (χ2n) is 2.41. The number of rotatable bonds is 0. The summed E-state index contributed by atoms with van der Waals surface area (Å²) in [6.07, 6.45) is 2.78. The third-order valence-electron chi connectivity index (χ3n) is 1.51. The zero-order valence-electron chi connectivity index (χ0n) is 5.99. The van der Waals surface area contributed by atoms with Crippen molar-refractivity contribution in [2.75, 3.05) is 0 Å². The molecular formula is C6H12NOW2-. The van der Waals surface area contributed by atoms with Gasteiger partial charge >= 0.3 is 0 Å². The van der Waals surface area contributed by atoms with Crippen LogP contribution in [-0.4, -0.2) is 17.4 Å². The predicted molar refractivity (Wildman–Crippen MR) is 32.7 cm³/mol. The van der Waals surface area contributed by atoms with E-state index in [1.807, 2.05) is 6.92 Å². The van der Waals surface area contributed by atoms with Crippen molar-refractivity contribution in [1.82, 2.24) is 0 Å². The fourth-order valence-electron chi connectivity index (χ4n) is 1.04. The molecule has 0 aromatic carbocycles. The molecule has 4 heteroatoms. The van der Waals surface area contributed by atoms with E-state index in [2.05, 4.69) is 5.32 Å². The molecule has 0 amide bonds. The minimum Gasteiger partial charge on any atom is -0.634 e. The van der Waals surface area contributed by atoms with Gasteiger partial charge in [0.15, 0.2) is 0 Å². The van der Waals surface area contributed by atoms with Crippen LogP contribution in [0.15, 0.2) is 0 Å². The average Bonchev–Trinajstić information content (AvgIpc) is 1.64. The fraction of sp³-hybridized carbons (Fsp3) is 1.00. The molecule has 0 aliphatic carbocycles. The Hall–Kier alpha value is 1.30. The van der Waals surface area contributed by atoms with E-state index in [0.717, 1.165) is 19.3 Å². The summed E-state index contributed by atoms with van der Waals surface area (Å²) in [5, 5.41) is 13.0. The van der Waals surface area contributed by atoms with Crippen molar-refractivity contribution >= 4 is 0 Å². The summed E-state index contributed by atoms with van der Waals surface area (Å²) in [5.74, 6) is 0. The molecule has 1 N–H and O–H groups in total. The van der Waals surface area contributed by atoms with Gasteiger partial charge in [-0.05, 0) is 12.6 Å². The number of hydrogen-bond acceptors (Lipinski definition) is 1. The van der Waals surface area contributed by atoms with Crippen molar-refractivity contribution in [1.29, 1.82) is 0 Å². The third kappa shape index (κ3) is 5.01. The Morgan fingerprint density at radius 2 is 1.90 bits per heavy atom. The molecule has 1 aliphatic rings. The van der Waals surface area contributed by atoms with Crippen LogP contribution in [0.1, 0.15) is 26.2 Å². The molecule has 1 rings (SSSR count). The molecule has 1 heterocycles. The molecule has 2 nitrogen and oxygen atoms in total. The van der Waals surface area contributed by atoms with Gasteiger partial charge in [-0.15, -0.1) is 6.04 Å². The summed E-state index contributed by atoms with van der Waals surface area (Å²) < 4.78 is 0. The van der Waals surface area contributed by atoms with Crippen molar-refractivity contribution in [2.45, 2.75) is 38.5 Å². The summed E-state index contributed by atoms with van der Waals surface area (Å²) in [4.78, 5) is 0. The van der Waals surface area contributed by atoms with E-state index in [4.69, 9.17) is 5.11 Å². The van der Waals surface area contributed by atoms with Gasteiger partial charge in [-0.3, -0.25) is 0 Å². The van der Waals surface area contributed by atoms with Crippen LogP contribution in [0.5, 0.6) is 0 Å². The first-order valence-electron chi connectivity index (χ1n) is 3.17. The summed E-state index contributed by atoms with van der Waals surface area (Å²) in [6.45, 7) is 2.04. The maximum atomic E-state index is 8.91. The Morgan fingerprint density at radius 3 is 2.20 bits per heavy atom. The van der Waals surface area contributed by atoms with Crippen LogP contribution in [0.25, 0.3) is 5.32 Å². The van der Waals surface area contributed by atoms with Crippen LogP contribution >= 0.6 is 0 Å². The molecule has 1 fully saturated rings. The quantitative estimate of drug-likeness (QED) is 0.555. The number of aliphatic hydroxyl groups is 1. The molecule has 2 unspecified atom stereocenters. The van der Waals surface area contributed by atoms with Crippen LogP contribution in [0.2, 0.25) is 0 Å². The van der Waals surface area contributed by atoms with Gasteiger partial charge < -0.3 is 10.4 Å².